The Morgan fingerprint density at radius 3 is 2.69 bits per heavy atom. The van der Waals surface area contributed by atoms with E-state index >= 15 is 0 Å². The van der Waals surface area contributed by atoms with Gasteiger partial charge in [0, 0.05) is 18.5 Å². The van der Waals surface area contributed by atoms with E-state index in [2.05, 4.69) is 14.7 Å². The van der Waals surface area contributed by atoms with E-state index < -0.39 is 18.0 Å². The molecular formula is C16H13ClF3N3O3. The van der Waals surface area contributed by atoms with E-state index in [1.54, 1.807) is 0 Å². The molecule has 1 aromatic carbocycles. The largest absolute Gasteiger partial charge is 0.573 e. The molecule has 0 saturated carbocycles. The van der Waals surface area contributed by atoms with E-state index in [0.717, 1.165) is 12.1 Å². The number of nitrogens with zero attached hydrogens (tertiary/aromatic N) is 3. The number of rotatable bonds is 4. The summed E-state index contributed by atoms with van der Waals surface area (Å²) in [4.78, 5) is 21.8. The number of carbonyl (C=O) groups excluding carboxylic acids is 1. The highest BCUT2D eigenvalue weighted by Crippen LogP contribution is 2.25. The van der Waals surface area contributed by atoms with Crippen molar-refractivity contribution in [3.8, 4) is 11.8 Å². The van der Waals surface area contributed by atoms with Gasteiger partial charge in [-0.3, -0.25) is 4.79 Å². The zero-order chi connectivity index (χ0) is 18.7. The van der Waals surface area contributed by atoms with Crippen molar-refractivity contribution in [3.05, 3.63) is 47.2 Å². The number of halogens is 4. The van der Waals surface area contributed by atoms with Crippen molar-refractivity contribution in [1.82, 2.24) is 14.9 Å². The molecule has 1 aliphatic heterocycles. The van der Waals surface area contributed by atoms with Crippen LogP contribution in [-0.4, -0.2) is 46.3 Å². The predicted octanol–water partition coefficient (Wildman–Crippen LogP) is 3.32. The van der Waals surface area contributed by atoms with Gasteiger partial charge in [0.05, 0.1) is 24.0 Å². The summed E-state index contributed by atoms with van der Waals surface area (Å²) in [6, 6.07) is 5.11. The van der Waals surface area contributed by atoms with Crippen molar-refractivity contribution in [2.75, 3.05) is 13.1 Å². The molecule has 0 N–H and O–H groups in total. The van der Waals surface area contributed by atoms with Crippen LogP contribution in [0.3, 0.4) is 0 Å². The smallest absolute Gasteiger partial charge is 0.458 e. The fourth-order valence-corrected chi connectivity index (χ4v) is 2.63. The Bertz CT molecular complexity index is 786. The second kappa shape index (κ2) is 7.36. The lowest BCUT2D eigenvalue weighted by atomic mass is 10.2. The molecule has 2 aromatic rings. The minimum Gasteiger partial charge on any atom is -0.458 e. The van der Waals surface area contributed by atoms with Crippen LogP contribution in [0.5, 0.6) is 11.8 Å². The van der Waals surface area contributed by atoms with E-state index in [-0.39, 0.29) is 24.2 Å². The van der Waals surface area contributed by atoms with Crippen molar-refractivity contribution in [2.24, 2.45) is 0 Å². The molecule has 1 fully saturated rings. The normalized spacial score (nSPS) is 17.2. The van der Waals surface area contributed by atoms with Gasteiger partial charge < -0.3 is 14.4 Å². The lowest BCUT2D eigenvalue weighted by molar-refractivity contribution is -0.274. The predicted molar refractivity (Wildman–Crippen MR) is 85.1 cm³/mol. The summed E-state index contributed by atoms with van der Waals surface area (Å²) in [6.07, 6.45) is -1.78. The zero-order valence-electron chi connectivity index (χ0n) is 13.2. The van der Waals surface area contributed by atoms with E-state index in [9.17, 15) is 18.0 Å². The van der Waals surface area contributed by atoms with Gasteiger partial charge in [0.15, 0.2) is 0 Å². The maximum Gasteiger partial charge on any atom is 0.573 e. The molecular weight excluding hydrogens is 375 g/mol. The van der Waals surface area contributed by atoms with Gasteiger partial charge in [-0.15, -0.1) is 13.2 Å². The van der Waals surface area contributed by atoms with Crippen molar-refractivity contribution < 1.29 is 27.4 Å². The number of likely N-dealkylation sites (tertiary alicyclic amines) is 1. The molecule has 1 saturated heterocycles. The molecule has 0 unspecified atom stereocenters. The fraction of sp³-hybridized carbons (Fsp3) is 0.312. The molecule has 26 heavy (non-hydrogen) atoms. The maximum atomic E-state index is 12.5. The third-order valence-corrected chi connectivity index (χ3v) is 3.81. The molecule has 0 aliphatic carbocycles. The quantitative estimate of drug-likeness (QED) is 0.805. The van der Waals surface area contributed by atoms with Gasteiger partial charge in [0.1, 0.15) is 11.9 Å². The van der Waals surface area contributed by atoms with Gasteiger partial charge >= 0.3 is 12.4 Å². The van der Waals surface area contributed by atoms with Crippen molar-refractivity contribution in [3.63, 3.8) is 0 Å². The molecule has 10 heteroatoms. The Morgan fingerprint density at radius 1 is 1.27 bits per heavy atom. The summed E-state index contributed by atoms with van der Waals surface area (Å²) in [6.45, 7) is 0.677. The number of benzene rings is 1. The average Bonchev–Trinajstić information content (AvgIpc) is 3.03. The molecule has 1 amide bonds. The zero-order valence-corrected chi connectivity index (χ0v) is 14.0. The summed E-state index contributed by atoms with van der Waals surface area (Å²) in [5.41, 5.74) is 0.107. The fourth-order valence-electron chi connectivity index (χ4n) is 2.53. The van der Waals surface area contributed by atoms with Gasteiger partial charge in [-0.05, 0) is 18.2 Å². The molecule has 1 atom stereocenters. The Kier molecular flexibility index (Phi) is 5.17. The Labute approximate surface area is 151 Å². The van der Waals surface area contributed by atoms with E-state index in [4.69, 9.17) is 16.3 Å². The monoisotopic (exact) mass is 387 g/mol. The number of hydrogen-bond acceptors (Lipinski definition) is 5. The third-order valence-electron chi connectivity index (χ3n) is 3.62. The third kappa shape index (κ3) is 4.75. The second-order valence-electron chi connectivity index (χ2n) is 5.54. The molecule has 3 rings (SSSR count). The van der Waals surface area contributed by atoms with Crippen LogP contribution in [0.15, 0.2) is 36.7 Å². The molecule has 138 valence electrons. The van der Waals surface area contributed by atoms with E-state index in [0.29, 0.717) is 18.0 Å². The molecule has 0 radical (unpaired) electrons. The van der Waals surface area contributed by atoms with Crippen molar-refractivity contribution >= 4 is 17.5 Å². The van der Waals surface area contributed by atoms with Crippen LogP contribution >= 0.6 is 11.6 Å². The van der Waals surface area contributed by atoms with Gasteiger partial charge in [-0.2, -0.15) is 0 Å². The van der Waals surface area contributed by atoms with Crippen LogP contribution in [0.4, 0.5) is 13.2 Å². The summed E-state index contributed by atoms with van der Waals surface area (Å²) in [5.74, 6) is -0.842. The Hall–Kier alpha value is -2.55. The van der Waals surface area contributed by atoms with Crippen molar-refractivity contribution in [2.45, 2.75) is 18.9 Å². The topological polar surface area (TPSA) is 64.5 Å². The number of hydrogen-bond donors (Lipinski definition) is 0. The van der Waals surface area contributed by atoms with Crippen molar-refractivity contribution in [1.29, 1.82) is 0 Å². The van der Waals surface area contributed by atoms with Crippen LogP contribution in [0.1, 0.15) is 16.8 Å². The van der Waals surface area contributed by atoms with Gasteiger partial charge in [0.25, 0.3) is 5.91 Å². The van der Waals surface area contributed by atoms with E-state index in [1.807, 2.05) is 0 Å². The lowest BCUT2D eigenvalue weighted by Gasteiger charge is -2.17. The van der Waals surface area contributed by atoms with Crippen LogP contribution in [0.25, 0.3) is 0 Å². The van der Waals surface area contributed by atoms with Crippen LogP contribution < -0.4 is 9.47 Å². The van der Waals surface area contributed by atoms with E-state index in [1.165, 1.54) is 29.4 Å². The van der Waals surface area contributed by atoms with Gasteiger partial charge in [-0.1, -0.05) is 17.7 Å². The highest BCUT2D eigenvalue weighted by molar-refractivity contribution is 6.30. The average molecular weight is 388 g/mol. The molecule has 6 nitrogen and oxygen atoms in total. The van der Waals surface area contributed by atoms with Gasteiger partial charge in [-0.25, -0.2) is 9.97 Å². The molecule has 1 aromatic heterocycles. The molecule has 1 aliphatic rings. The second-order valence-corrected chi connectivity index (χ2v) is 5.98. The van der Waals surface area contributed by atoms with Crippen LogP contribution in [0, 0.1) is 0 Å². The number of ether oxygens (including phenoxy) is 2. The SMILES string of the molecule is O=C(c1cccc(OC(F)(F)F)c1)N1CC[C@H](Oc2ncc(Cl)cn2)C1. The standard InChI is InChI=1S/C16H13ClF3N3O3/c17-11-7-21-15(22-8-11)25-13-4-5-23(9-13)14(24)10-2-1-3-12(6-10)26-16(18,19)20/h1-3,6-8,13H,4-5,9H2/t13-/m0/s1. The summed E-state index contributed by atoms with van der Waals surface area (Å²) >= 11 is 5.70. The first kappa shape index (κ1) is 18.2. The van der Waals surface area contributed by atoms with Crippen LogP contribution in [0.2, 0.25) is 5.02 Å². The Morgan fingerprint density at radius 2 is 2.00 bits per heavy atom. The van der Waals surface area contributed by atoms with Crippen LogP contribution in [-0.2, 0) is 0 Å². The minimum atomic E-state index is -4.81. The highest BCUT2D eigenvalue weighted by Gasteiger charge is 2.32. The molecule has 0 bridgehead atoms. The summed E-state index contributed by atoms with van der Waals surface area (Å²) in [7, 11) is 0. The lowest BCUT2D eigenvalue weighted by Crippen LogP contribution is -2.31. The Balaban J connectivity index is 1.62. The van der Waals surface area contributed by atoms with Gasteiger partial charge in [0.2, 0.25) is 0 Å². The first-order valence-electron chi connectivity index (χ1n) is 7.59. The number of aromatic nitrogens is 2. The first-order chi connectivity index (χ1) is 12.3. The number of carbonyl (C=O) groups is 1. The minimum absolute atomic E-state index is 0.107. The molecule has 2 heterocycles. The number of amides is 1. The summed E-state index contributed by atoms with van der Waals surface area (Å²) < 4.78 is 46.3. The first-order valence-corrected chi connectivity index (χ1v) is 7.97. The molecule has 0 spiro atoms. The summed E-state index contributed by atoms with van der Waals surface area (Å²) in [5, 5.41) is 0.376. The maximum absolute atomic E-state index is 12.5. The number of alkyl halides is 3. The highest BCUT2D eigenvalue weighted by atomic mass is 35.5.